The zero-order valence-electron chi connectivity index (χ0n) is 35.7. The van der Waals surface area contributed by atoms with Crippen LogP contribution >= 0.6 is 0 Å². The second kappa shape index (κ2) is 20.6. The molecule has 1 amide bonds. The zero-order valence-corrected chi connectivity index (χ0v) is 35.7. The molecule has 330 valence electrons. The third-order valence-electron chi connectivity index (χ3n) is 13.3. The quantitative estimate of drug-likeness (QED) is 0.0334. The molecule has 4 heterocycles. The molecule has 4 fully saturated rings. The molecule has 0 aromatic rings. The van der Waals surface area contributed by atoms with E-state index in [-0.39, 0.29) is 116 Å². The summed E-state index contributed by atoms with van der Waals surface area (Å²) in [7, 11) is 0. The van der Waals surface area contributed by atoms with Crippen LogP contribution in [-0.2, 0) is 57.2 Å². The Hall–Kier alpha value is -4.10. The number of carbonyl (C=O) groups is 6. The van der Waals surface area contributed by atoms with Gasteiger partial charge in [0.25, 0.3) is 0 Å². The molecule has 0 aromatic carbocycles. The summed E-state index contributed by atoms with van der Waals surface area (Å²) < 4.78 is 34.2. The van der Waals surface area contributed by atoms with E-state index in [1.54, 1.807) is 0 Å². The van der Waals surface area contributed by atoms with Crippen molar-refractivity contribution in [1.29, 1.82) is 0 Å². The molecule has 2 aliphatic carbocycles. The summed E-state index contributed by atoms with van der Waals surface area (Å²) in [4.78, 5) is 74.1. The monoisotopic (exact) mass is 835 g/mol. The van der Waals surface area contributed by atoms with Crippen molar-refractivity contribution in [2.75, 3.05) is 19.8 Å². The summed E-state index contributed by atoms with van der Waals surface area (Å²) in [6.45, 7) is 12.9. The topological polar surface area (TPSA) is 176 Å². The van der Waals surface area contributed by atoms with Gasteiger partial charge >= 0.3 is 23.9 Å². The Labute approximate surface area is 354 Å². The summed E-state index contributed by atoms with van der Waals surface area (Å²) in [6.07, 6.45) is 16.7. The zero-order chi connectivity index (χ0) is 42.9. The molecular weight excluding hydrogens is 771 g/mol. The average Bonchev–Trinajstić information content (AvgIpc) is 4.03. The number of epoxide rings is 2. The van der Waals surface area contributed by atoms with E-state index in [1.165, 1.54) is 0 Å². The molecule has 1 N–H and O–H groups in total. The lowest BCUT2D eigenvalue weighted by molar-refractivity contribution is -0.144. The van der Waals surface area contributed by atoms with Crippen molar-refractivity contribution in [2.24, 2.45) is 11.8 Å². The minimum absolute atomic E-state index is 0.0124. The molecule has 0 unspecified atom stereocenters. The fourth-order valence-electron chi connectivity index (χ4n) is 9.22. The molecule has 0 radical (unpaired) electrons. The fourth-order valence-corrected chi connectivity index (χ4v) is 9.22. The first-order valence-corrected chi connectivity index (χ1v) is 22.4. The molecule has 4 saturated heterocycles. The number of rotatable bonds is 20. The molecule has 0 bridgehead atoms. The van der Waals surface area contributed by atoms with E-state index in [0.717, 1.165) is 81.8 Å². The van der Waals surface area contributed by atoms with E-state index in [4.69, 9.17) is 28.4 Å². The molecular formula is C47H65NO12. The number of amides is 1. The van der Waals surface area contributed by atoms with Gasteiger partial charge in [-0.05, 0) is 89.2 Å². The van der Waals surface area contributed by atoms with Crippen molar-refractivity contribution in [2.45, 2.75) is 178 Å². The van der Waals surface area contributed by atoms with Crippen molar-refractivity contribution < 1.29 is 57.2 Å². The Bertz CT molecular complexity index is 1610. The summed E-state index contributed by atoms with van der Waals surface area (Å²) >= 11 is 0. The predicted octanol–water partition coefficient (Wildman–Crippen LogP) is 6.95. The van der Waals surface area contributed by atoms with Gasteiger partial charge in [-0.1, -0.05) is 57.4 Å². The van der Waals surface area contributed by atoms with E-state index >= 15 is 0 Å². The summed E-state index contributed by atoms with van der Waals surface area (Å²) in [6, 6.07) is 0. The SMILES string of the molecule is C=C1C(=O)O[C@H]2[C@H]1CC/C(COC(=O)CCC(=O)CCCCCCCCCNC(=O)CCC(=O)OC/C1=C/CC[C@@]3(C)O[C@H]3[C@H]3OC(=O)C(=C)[C@@H]3CC1)=C\CC[C@@]1(C)O[C@@H]21. The van der Waals surface area contributed by atoms with Crippen LogP contribution in [0.1, 0.15) is 142 Å². The second-order valence-corrected chi connectivity index (χ2v) is 18.0. The predicted molar refractivity (Wildman–Crippen MR) is 220 cm³/mol. The molecule has 4 aliphatic heterocycles. The lowest BCUT2D eigenvalue weighted by Gasteiger charge is -2.20. The van der Waals surface area contributed by atoms with Crippen LogP contribution in [0.25, 0.3) is 0 Å². The lowest BCUT2D eigenvalue weighted by atomic mass is 9.84. The van der Waals surface area contributed by atoms with Gasteiger partial charge in [0.2, 0.25) is 5.91 Å². The van der Waals surface area contributed by atoms with Gasteiger partial charge in [-0.15, -0.1) is 0 Å². The minimum atomic E-state index is -0.416. The molecule has 13 heteroatoms. The van der Waals surface area contributed by atoms with Gasteiger partial charge in [0.05, 0.1) is 24.0 Å². The summed E-state index contributed by atoms with van der Waals surface area (Å²) in [5.74, 6) is -1.84. The molecule has 13 nitrogen and oxygen atoms in total. The van der Waals surface area contributed by atoms with Crippen molar-refractivity contribution in [3.63, 3.8) is 0 Å². The van der Waals surface area contributed by atoms with Gasteiger partial charge in [0.1, 0.15) is 43.4 Å². The first-order valence-electron chi connectivity index (χ1n) is 22.4. The van der Waals surface area contributed by atoms with Crippen LogP contribution in [-0.4, -0.2) is 90.9 Å². The highest BCUT2D eigenvalue weighted by Crippen LogP contribution is 2.51. The Morgan fingerprint density at radius 2 is 1.13 bits per heavy atom. The number of carbonyl (C=O) groups excluding carboxylic acids is 6. The standard InChI is InChI=1S/C47H65NO12/c1-30-35-20-17-32(14-12-25-46(3)42(59-46)40(35)57-44(30)53)28-55-38(51)23-19-34(49)16-10-8-6-5-7-9-11-27-48-37(50)22-24-39(52)56-29-33-15-13-26-47(4)43(60-47)41-36(21-18-33)31(2)45(54)58-41/h14-15,35-36,40-43H,1-2,5-13,16-29H2,3-4H3,(H,48,50)/b32-14+,33-15+/t35-,36-,40-,41-,42-,43-,46+,47+/m0/s1. The average molecular weight is 836 g/mol. The van der Waals surface area contributed by atoms with Gasteiger partial charge in [0, 0.05) is 48.8 Å². The third-order valence-corrected chi connectivity index (χ3v) is 13.3. The molecule has 0 spiro atoms. The van der Waals surface area contributed by atoms with Crippen LogP contribution in [0, 0.1) is 11.8 Å². The highest BCUT2D eigenvalue weighted by Gasteiger charge is 2.62. The maximum absolute atomic E-state index is 12.5. The smallest absolute Gasteiger partial charge is 0.334 e. The van der Waals surface area contributed by atoms with Crippen LogP contribution in [0.4, 0.5) is 0 Å². The maximum atomic E-state index is 12.5. The Morgan fingerprint density at radius 1 is 0.667 bits per heavy atom. The highest BCUT2D eigenvalue weighted by atomic mass is 16.7. The third kappa shape index (κ3) is 12.3. The molecule has 0 aromatic heterocycles. The Morgan fingerprint density at radius 3 is 1.65 bits per heavy atom. The molecule has 8 atom stereocenters. The summed E-state index contributed by atoms with van der Waals surface area (Å²) in [5.41, 5.74) is 2.31. The number of ether oxygens (including phenoxy) is 6. The Kier molecular flexibility index (Phi) is 15.6. The van der Waals surface area contributed by atoms with Crippen molar-refractivity contribution in [3.8, 4) is 0 Å². The summed E-state index contributed by atoms with van der Waals surface area (Å²) in [5, 5.41) is 2.89. The number of fused-ring (bicyclic) bond motifs is 6. The van der Waals surface area contributed by atoms with Gasteiger partial charge in [-0.2, -0.15) is 0 Å². The molecule has 60 heavy (non-hydrogen) atoms. The van der Waals surface area contributed by atoms with Gasteiger partial charge < -0.3 is 33.7 Å². The number of hydrogen-bond acceptors (Lipinski definition) is 12. The number of unbranched alkanes of at least 4 members (excludes halogenated alkanes) is 6. The van der Waals surface area contributed by atoms with Crippen LogP contribution < -0.4 is 5.32 Å². The van der Waals surface area contributed by atoms with Crippen LogP contribution in [0.3, 0.4) is 0 Å². The second-order valence-electron chi connectivity index (χ2n) is 18.0. The number of allylic oxidation sites excluding steroid dienone is 2. The van der Waals surface area contributed by atoms with Crippen LogP contribution in [0.15, 0.2) is 47.6 Å². The number of Topliss-reactive ketones (excluding diaryl/α,β-unsaturated/α-hetero) is 1. The van der Waals surface area contributed by atoms with Crippen LogP contribution in [0.5, 0.6) is 0 Å². The van der Waals surface area contributed by atoms with E-state index in [0.29, 0.717) is 49.8 Å². The Balaban J connectivity index is 0.736. The molecule has 0 saturated carbocycles. The first kappa shape index (κ1) is 45.4. The first-order chi connectivity index (χ1) is 28.8. The minimum Gasteiger partial charge on any atom is -0.461 e. The van der Waals surface area contributed by atoms with Gasteiger partial charge in [0.15, 0.2) is 0 Å². The molecule has 6 aliphatic rings. The van der Waals surface area contributed by atoms with E-state index in [9.17, 15) is 28.8 Å². The lowest BCUT2D eigenvalue weighted by Crippen LogP contribution is -2.29. The highest BCUT2D eigenvalue weighted by molar-refractivity contribution is 5.91. The van der Waals surface area contributed by atoms with Crippen LogP contribution in [0.2, 0.25) is 0 Å². The molecule has 6 rings (SSSR count). The van der Waals surface area contributed by atoms with Gasteiger partial charge in [-0.25, -0.2) is 9.59 Å². The van der Waals surface area contributed by atoms with E-state index < -0.39 is 5.97 Å². The van der Waals surface area contributed by atoms with Crippen molar-refractivity contribution in [1.82, 2.24) is 5.32 Å². The van der Waals surface area contributed by atoms with Crippen molar-refractivity contribution >= 4 is 35.6 Å². The number of nitrogens with one attached hydrogen (secondary N) is 1. The maximum Gasteiger partial charge on any atom is 0.334 e. The van der Waals surface area contributed by atoms with E-state index in [1.807, 2.05) is 13.8 Å². The number of esters is 4. The number of hydrogen-bond donors (Lipinski definition) is 1. The largest absolute Gasteiger partial charge is 0.461 e. The van der Waals surface area contributed by atoms with Crippen molar-refractivity contribution in [3.05, 3.63) is 47.6 Å². The van der Waals surface area contributed by atoms with E-state index in [2.05, 4.69) is 30.6 Å². The fraction of sp³-hybridized carbons (Fsp3) is 0.702. The number of ketones is 1. The van der Waals surface area contributed by atoms with Gasteiger partial charge in [-0.3, -0.25) is 19.2 Å². The normalized spacial score (nSPS) is 32.6.